The number of aryl methyl sites for hydroxylation is 2. The molecule has 1 atom stereocenters. The van der Waals surface area contributed by atoms with Gasteiger partial charge in [0.15, 0.2) is 0 Å². The molecule has 0 saturated carbocycles. The first-order chi connectivity index (χ1) is 8.08. The van der Waals surface area contributed by atoms with Crippen molar-refractivity contribution < 1.29 is 0 Å². The highest BCUT2D eigenvalue weighted by atomic mass is 35.5. The first kappa shape index (κ1) is 12.6. The maximum Gasteiger partial charge on any atom is 0.0947 e. The SMILES string of the molecule is Cc1csc(CC(N)c2cccc(C)c2Cl)n1. The van der Waals surface area contributed by atoms with Gasteiger partial charge in [-0.25, -0.2) is 4.98 Å². The molecule has 90 valence electrons. The molecule has 2 N–H and O–H groups in total. The van der Waals surface area contributed by atoms with Gasteiger partial charge in [-0.1, -0.05) is 29.8 Å². The summed E-state index contributed by atoms with van der Waals surface area (Å²) < 4.78 is 0. The fourth-order valence-electron chi connectivity index (χ4n) is 1.75. The van der Waals surface area contributed by atoms with E-state index in [1.807, 2.05) is 37.4 Å². The lowest BCUT2D eigenvalue weighted by molar-refractivity contribution is 0.716. The van der Waals surface area contributed by atoms with Crippen molar-refractivity contribution in [2.45, 2.75) is 26.3 Å². The van der Waals surface area contributed by atoms with E-state index in [0.717, 1.165) is 33.3 Å². The van der Waals surface area contributed by atoms with Crippen molar-refractivity contribution in [3.05, 3.63) is 50.4 Å². The average molecular weight is 267 g/mol. The summed E-state index contributed by atoms with van der Waals surface area (Å²) in [5, 5.41) is 3.88. The van der Waals surface area contributed by atoms with Crippen LogP contribution >= 0.6 is 22.9 Å². The van der Waals surface area contributed by atoms with E-state index in [0.29, 0.717) is 0 Å². The molecule has 0 aliphatic rings. The highest BCUT2D eigenvalue weighted by molar-refractivity contribution is 7.09. The summed E-state index contributed by atoms with van der Waals surface area (Å²) in [7, 11) is 0. The van der Waals surface area contributed by atoms with Gasteiger partial charge < -0.3 is 5.73 Å². The molecule has 1 unspecified atom stereocenters. The van der Waals surface area contributed by atoms with Gasteiger partial charge in [0.2, 0.25) is 0 Å². The van der Waals surface area contributed by atoms with E-state index in [1.165, 1.54) is 0 Å². The van der Waals surface area contributed by atoms with Crippen molar-refractivity contribution in [3.8, 4) is 0 Å². The molecule has 0 bridgehead atoms. The van der Waals surface area contributed by atoms with Gasteiger partial charge in [-0.2, -0.15) is 0 Å². The molecule has 0 aliphatic heterocycles. The number of nitrogens with zero attached hydrogens (tertiary/aromatic N) is 1. The first-order valence-corrected chi connectivity index (χ1v) is 6.75. The zero-order chi connectivity index (χ0) is 12.4. The van der Waals surface area contributed by atoms with Crippen LogP contribution < -0.4 is 5.73 Å². The molecule has 0 aliphatic carbocycles. The second kappa shape index (κ2) is 5.17. The maximum absolute atomic E-state index is 6.26. The summed E-state index contributed by atoms with van der Waals surface area (Å²) in [6.07, 6.45) is 0.738. The molecule has 0 spiro atoms. The summed E-state index contributed by atoms with van der Waals surface area (Å²) in [5.74, 6) is 0. The summed E-state index contributed by atoms with van der Waals surface area (Å²) in [6.45, 7) is 3.98. The van der Waals surface area contributed by atoms with Crippen molar-refractivity contribution in [3.63, 3.8) is 0 Å². The Balaban J connectivity index is 2.20. The lowest BCUT2D eigenvalue weighted by Gasteiger charge is -2.13. The molecule has 1 aromatic heterocycles. The summed E-state index contributed by atoms with van der Waals surface area (Å²) >= 11 is 7.91. The monoisotopic (exact) mass is 266 g/mol. The van der Waals surface area contributed by atoms with Crippen LogP contribution in [0.15, 0.2) is 23.6 Å². The van der Waals surface area contributed by atoms with Crippen molar-refractivity contribution in [2.24, 2.45) is 5.73 Å². The van der Waals surface area contributed by atoms with Crippen molar-refractivity contribution in [2.75, 3.05) is 0 Å². The third-order valence-electron chi connectivity index (χ3n) is 2.68. The number of hydrogen-bond acceptors (Lipinski definition) is 3. The van der Waals surface area contributed by atoms with Crippen LogP contribution in [0.1, 0.15) is 27.9 Å². The average Bonchev–Trinajstić information content (AvgIpc) is 2.68. The largest absolute Gasteiger partial charge is 0.324 e. The highest BCUT2D eigenvalue weighted by Crippen LogP contribution is 2.27. The zero-order valence-corrected chi connectivity index (χ0v) is 11.5. The second-order valence-corrected chi connectivity index (χ2v) is 5.49. The predicted molar refractivity (Wildman–Crippen MR) is 73.7 cm³/mol. The van der Waals surface area contributed by atoms with Crippen LogP contribution in [0, 0.1) is 13.8 Å². The summed E-state index contributed by atoms with van der Waals surface area (Å²) in [5.41, 5.74) is 9.30. The molecule has 2 aromatic rings. The smallest absolute Gasteiger partial charge is 0.0947 e. The number of rotatable bonds is 3. The highest BCUT2D eigenvalue weighted by Gasteiger charge is 2.13. The normalized spacial score (nSPS) is 12.7. The number of hydrogen-bond donors (Lipinski definition) is 1. The summed E-state index contributed by atoms with van der Waals surface area (Å²) in [6, 6.07) is 5.88. The molecule has 17 heavy (non-hydrogen) atoms. The van der Waals surface area contributed by atoms with Crippen molar-refractivity contribution in [1.29, 1.82) is 0 Å². The Hall–Kier alpha value is -0.900. The van der Waals surface area contributed by atoms with Gasteiger partial charge in [-0.15, -0.1) is 11.3 Å². The Labute approximate surface area is 110 Å². The lowest BCUT2D eigenvalue weighted by atomic mass is 10.0. The molecule has 0 amide bonds. The molecular formula is C13H15ClN2S. The topological polar surface area (TPSA) is 38.9 Å². The standard InChI is InChI=1S/C13H15ClN2S/c1-8-4-3-5-10(13(8)14)11(15)6-12-16-9(2)7-17-12/h3-5,7,11H,6,15H2,1-2H3. The fourth-order valence-corrected chi connectivity index (χ4v) is 2.85. The number of aromatic nitrogens is 1. The van der Waals surface area contributed by atoms with E-state index >= 15 is 0 Å². The first-order valence-electron chi connectivity index (χ1n) is 5.49. The molecule has 2 rings (SSSR count). The molecule has 0 radical (unpaired) electrons. The second-order valence-electron chi connectivity index (χ2n) is 4.17. The Morgan fingerprint density at radius 2 is 2.18 bits per heavy atom. The van der Waals surface area contributed by atoms with Crippen LogP contribution in [-0.4, -0.2) is 4.98 Å². The van der Waals surface area contributed by atoms with Gasteiger partial charge in [-0.05, 0) is 25.0 Å². The molecule has 0 saturated heterocycles. The van der Waals surface area contributed by atoms with E-state index in [1.54, 1.807) is 11.3 Å². The number of thiazole rings is 1. The Morgan fingerprint density at radius 3 is 2.82 bits per heavy atom. The van der Waals surface area contributed by atoms with Crippen LogP contribution in [0.5, 0.6) is 0 Å². The van der Waals surface area contributed by atoms with E-state index < -0.39 is 0 Å². The molecule has 0 fully saturated rings. The van der Waals surface area contributed by atoms with E-state index in [2.05, 4.69) is 4.98 Å². The number of benzene rings is 1. The maximum atomic E-state index is 6.26. The van der Waals surface area contributed by atoms with Crippen molar-refractivity contribution in [1.82, 2.24) is 4.98 Å². The third kappa shape index (κ3) is 2.86. The molecule has 4 heteroatoms. The minimum atomic E-state index is -0.0899. The van der Waals surface area contributed by atoms with Gasteiger partial charge in [0.1, 0.15) is 0 Å². The summed E-state index contributed by atoms with van der Waals surface area (Å²) in [4.78, 5) is 4.42. The van der Waals surface area contributed by atoms with Crippen LogP contribution in [0.2, 0.25) is 5.02 Å². The number of halogens is 1. The van der Waals surface area contributed by atoms with E-state index in [4.69, 9.17) is 17.3 Å². The van der Waals surface area contributed by atoms with Gasteiger partial charge in [0, 0.05) is 28.6 Å². The van der Waals surface area contributed by atoms with Gasteiger partial charge in [0.05, 0.1) is 5.01 Å². The quantitative estimate of drug-likeness (QED) is 0.921. The zero-order valence-electron chi connectivity index (χ0n) is 9.90. The van der Waals surface area contributed by atoms with Crippen LogP contribution in [-0.2, 0) is 6.42 Å². The van der Waals surface area contributed by atoms with Gasteiger partial charge in [0.25, 0.3) is 0 Å². The third-order valence-corrected chi connectivity index (χ3v) is 4.19. The van der Waals surface area contributed by atoms with Gasteiger partial charge >= 0.3 is 0 Å². The molecule has 1 aromatic carbocycles. The van der Waals surface area contributed by atoms with E-state index in [-0.39, 0.29) is 6.04 Å². The van der Waals surface area contributed by atoms with Gasteiger partial charge in [-0.3, -0.25) is 0 Å². The van der Waals surface area contributed by atoms with Crippen LogP contribution in [0.25, 0.3) is 0 Å². The minimum absolute atomic E-state index is 0.0899. The lowest BCUT2D eigenvalue weighted by Crippen LogP contribution is -2.14. The number of nitrogens with two attached hydrogens (primary N) is 1. The Bertz CT molecular complexity index is 522. The Kier molecular flexibility index (Phi) is 3.82. The van der Waals surface area contributed by atoms with Crippen LogP contribution in [0.4, 0.5) is 0 Å². The fraction of sp³-hybridized carbons (Fsp3) is 0.308. The minimum Gasteiger partial charge on any atom is -0.324 e. The molecule has 2 nitrogen and oxygen atoms in total. The Morgan fingerprint density at radius 1 is 1.41 bits per heavy atom. The molecular weight excluding hydrogens is 252 g/mol. The van der Waals surface area contributed by atoms with E-state index in [9.17, 15) is 0 Å². The predicted octanol–water partition coefficient (Wildman–Crippen LogP) is 3.66. The van der Waals surface area contributed by atoms with Crippen molar-refractivity contribution >= 4 is 22.9 Å². The molecule has 1 heterocycles. The van der Waals surface area contributed by atoms with Crippen LogP contribution in [0.3, 0.4) is 0 Å².